The van der Waals surface area contributed by atoms with Gasteiger partial charge in [0.25, 0.3) is 5.56 Å². The minimum Gasteiger partial charge on any atom is -0.431 e. The number of carbonyl (C=O) groups excluding carboxylic acids is 1. The molecule has 0 aliphatic carbocycles. The minimum atomic E-state index is -0.835. The van der Waals surface area contributed by atoms with E-state index in [1.54, 1.807) is 44.2 Å². The summed E-state index contributed by atoms with van der Waals surface area (Å²) in [4.78, 5) is 27.4. The van der Waals surface area contributed by atoms with E-state index >= 15 is 0 Å². The lowest BCUT2D eigenvalue weighted by Crippen LogP contribution is -2.19. The topological polar surface area (TPSA) is 68.4 Å². The van der Waals surface area contributed by atoms with Crippen molar-refractivity contribution in [2.24, 2.45) is 0 Å². The standard InChI is InChI=1S/C19H17NO4/c1-12(2)23-19(22)24-17-14-10-6-7-11-15(14)20-18(21)16(17)13-8-4-3-5-9-13/h3-12H,1-2H3,(H,20,21). The van der Waals surface area contributed by atoms with Crippen molar-refractivity contribution in [3.8, 4) is 16.9 Å². The van der Waals surface area contributed by atoms with Gasteiger partial charge in [-0.3, -0.25) is 4.79 Å². The van der Waals surface area contributed by atoms with E-state index in [0.29, 0.717) is 22.0 Å². The zero-order valence-corrected chi connectivity index (χ0v) is 13.4. The first-order valence-corrected chi connectivity index (χ1v) is 7.65. The maximum atomic E-state index is 12.6. The van der Waals surface area contributed by atoms with Gasteiger partial charge in [0.15, 0.2) is 5.75 Å². The Kier molecular flexibility index (Phi) is 4.33. The van der Waals surface area contributed by atoms with Gasteiger partial charge < -0.3 is 14.5 Å². The fraction of sp³-hybridized carbons (Fsp3) is 0.158. The van der Waals surface area contributed by atoms with Crippen LogP contribution in [0.3, 0.4) is 0 Å². The number of benzene rings is 2. The third kappa shape index (κ3) is 3.15. The molecule has 24 heavy (non-hydrogen) atoms. The zero-order chi connectivity index (χ0) is 17.1. The highest BCUT2D eigenvalue weighted by molar-refractivity contribution is 5.93. The van der Waals surface area contributed by atoms with Gasteiger partial charge in [0.05, 0.1) is 17.2 Å². The monoisotopic (exact) mass is 323 g/mol. The Hall–Kier alpha value is -3.08. The van der Waals surface area contributed by atoms with Crippen LogP contribution in [-0.4, -0.2) is 17.2 Å². The first kappa shape index (κ1) is 15.8. The first-order valence-electron chi connectivity index (χ1n) is 7.65. The van der Waals surface area contributed by atoms with Gasteiger partial charge in [-0.15, -0.1) is 0 Å². The first-order chi connectivity index (χ1) is 11.6. The molecule has 0 aliphatic rings. The van der Waals surface area contributed by atoms with Crippen LogP contribution in [0.15, 0.2) is 59.4 Å². The molecule has 0 saturated heterocycles. The number of rotatable bonds is 3. The van der Waals surface area contributed by atoms with Gasteiger partial charge in [-0.2, -0.15) is 0 Å². The number of aromatic nitrogens is 1. The summed E-state index contributed by atoms with van der Waals surface area (Å²) in [6, 6.07) is 16.2. The smallest absolute Gasteiger partial charge is 0.431 e. The van der Waals surface area contributed by atoms with Crippen LogP contribution in [0.1, 0.15) is 13.8 Å². The lowest BCUT2D eigenvalue weighted by Gasteiger charge is -2.14. The SMILES string of the molecule is CC(C)OC(=O)Oc1c(-c2ccccc2)c(=O)[nH]c2ccccc12. The van der Waals surface area contributed by atoms with E-state index in [1.165, 1.54) is 0 Å². The number of nitrogens with one attached hydrogen (secondary N) is 1. The van der Waals surface area contributed by atoms with Gasteiger partial charge in [0.1, 0.15) is 0 Å². The molecule has 0 amide bonds. The summed E-state index contributed by atoms with van der Waals surface area (Å²) < 4.78 is 10.5. The Bertz CT molecular complexity index is 929. The highest BCUT2D eigenvalue weighted by atomic mass is 16.7. The maximum Gasteiger partial charge on any atom is 0.514 e. The second-order valence-electron chi connectivity index (χ2n) is 5.59. The minimum absolute atomic E-state index is 0.200. The van der Waals surface area contributed by atoms with Crippen LogP contribution in [0, 0.1) is 0 Å². The van der Waals surface area contributed by atoms with Crippen molar-refractivity contribution in [2.45, 2.75) is 20.0 Å². The largest absolute Gasteiger partial charge is 0.514 e. The number of aromatic amines is 1. The Morgan fingerprint density at radius 1 is 1.00 bits per heavy atom. The third-order valence-electron chi connectivity index (χ3n) is 3.45. The van der Waals surface area contributed by atoms with Crippen molar-refractivity contribution in [1.82, 2.24) is 4.98 Å². The van der Waals surface area contributed by atoms with Gasteiger partial charge in [0.2, 0.25) is 0 Å². The van der Waals surface area contributed by atoms with Gasteiger partial charge in [0, 0.05) is 5.39 Å². The van der Waals surface area contributed by atoms with E-state index in [1.807, 2.05) is 24.3 Å². The summed E-state index contributed by atoms with van der Waals surface area (Å²) in [5, 5.41) is 0.636. The molecule has 0 fully saturated rings. The van der Waals surface area contributed by atoms with Crippen molar-refractivity contribution in [3.63, 3.8) is 0 Å². The summed E-state index contributed by atoms with van der Waals surface area (Å²) >= 11 is 0. The van der Waals surface area contributed by atoms with Crippen molar-refractivity contribution in [1.29, 1.82) is 0 Å². The van der Waals surface area contributed by atoms with Crippen LogP contribution in [0.2, 0.25) is 0 Å². The summed E-state index contributed by atoms with van der Waals surface area (Å²) in [5.74, 6) is 0.200. The predicted molar refractivity (Wildman–Crippen MR) is 92.2 cm³/mol. The van der Waals surface area contributed by atoms with E-state index < -0.39 is 6.16 Å². The summed E-state index contributed by atoms with van der Waals surface area (Å²) in [7, 11) is 0. The molecule has 0 bridgehead atoms. The van der Waals surface area contributed by atoms with E-state index in [2.05, 4.69) is 4.98 Å². The fourth-order valence-electron chi connectivity index (χ4n) is 2.49. The van der Waals surface area contributed by atoms with E-state index in [-0.39, 0.29) is 17.4 Å². The van der Waals surface area contributed by atoms with Crippen LogP contribution < -0.4 is 10.3 Å². The van der Waals surface area contributed by atoms with Crippen molar-refractivity contribution in [3.05, 3.63) is 65.0 Å². The Labute approximate surface area is 138 Å². The average molecular weight is 323 g/mol. The van der Waals surface area contributed by atoms with Crippen LogP contribution in [0.5, 0.6) is 5.75 Å². The molecule has 1 heterocycles. The highest BCUT2D eigenvalue weighted by Crippen LogP contribution is 2.33. The summed E-state index contributed by atoms with van der Waals surface area (Å²) in [5.41, 5.74) is 1.23. The lowest BCUT2D eigenvalue weighted by molar-refractivity contribution is 0.0734. The van der Waals surface area contributed by atoms with E-state index in [0.717, 1.165) is 0 Å². The Morgan fingerprint density at radius 2 is 1.67 bits per heavy atom. The second-order valence-corrected chi connectivity index (χ2v) is 5.59. The van der Waals surface area contributed by atoms with E-state index in [4.69, 9.17) is 9.47 Å². The van der Waals surface area contributed by atoms with Crippen LogP contribution in [0.4, 0.5) is 4.79 Å². The normalized spacial score (nSPS) is 10.8. The van der Waals surface area contributed by atoms with Crippen LogP contribution in [-0.2, 0) is 4.74 Å². The molecule has 0 radical (unpaired) electrons. The third-order valence-corrected chi connectivity index (χ3v) is 3.45. The zero-order valence-electron chi connectivity index (χ0n) is 13.4. The number of hydrogen-bond acceptors (Lipinski definition) is 4. The molecule has 5 nitrogen and oxygen atoms in total. The molecule has 0 spiro atoms. The number of fused-ring (bicyclic) bond motifs is 1. The van der Waals surface area contributed by atoms with Gasteiger partial charge >= 0.3 is 6.16 Å². The number of para-hydroxylation sites is 1. The van der Waals surface area contributed by atoms with Crippen molar-refractivity contribution in [2.75, 3.05) is 0 Å². The molecule has 0 aliphatic heterocycles. The van der Waals surface area contributed by atoms with Crippen LogP contribution >= 0.6 is 0 Å². The molecule has 1 aromatic heterocycles. The number of carbonyl (C=O) groups is 1. The molecule has 0 atom stereocenters. The van der Waals surface area contributed by atoms with Gasteiger partial charge in [-0.25, -0.2) is 4.79 Å². The number of pyridine rings is 1. The molecule has 0 unspecified atom stereocenters. The molecular weight excluding hydrogens is 306 g/mol. The van der Waals surface area contributed by atoms with Crippen LogP contribution in [0.25, 0.3) is 22.0 Å². The molecular formula is C19H17NO4. The molecule has 0 saturated carbocycles. The van der Waals surface area contributed by atoms with Gasteiger partial charge in [-0.05, 0) is 31.5 Å². The predicted octanol–water partition coefficient (Wildman–Crippen LogP) is 4.12. The molecule has 1 N–H and O–H groups in total. The number of H-pyrrole nitrogens is 1. The maximum absolute atomic E-state index is 12.6. The number of ether oxygens (including phenoxy) is 2. The lowest BCUT2D eigenvalue weighted by atomic mass is 10.0. The molecule has 122 valence electrons. The quantitative estimate of drug-likeness (QED) is 0.736. The summed E-state index contributed by atoms with van der Waals surface area (Å²) in [6.07, 6.45) is -1.15. The molecule has 5 heteroatoms. The molecule has 3 rings (SSSR count). The fourth-order valence-corrected chi connectivity index (χ4v) is 2.49. The average Bonchev–Trinajstić information content (AvgIpc) is 2.55. The summed E-state index contributed by atoms with van der Waals surface area (Å²) in [6.45, 7) is 3.46. The molecule has 3 aromatic rings. The van der Waals surface area contributed by atoms with E-state index in [9.17, 15) is 9.59 Å². The van der Waals surface area contributed by atoms with Gasteiger partial charge in [-0.1, -0.05) is 42.5 Å². The second kappa shape index (κ2) is 6.58. The van der Waals surface area contributed by atoms with Crippen molar-refractivity contribution >= 4 is 17.1 Å². The van der Waals surface area contributed by atoms with Crippen molar-refractivity contribution < 1.29 is 14.3 Å². The highest BCUT2D eigenvalue weighted by Gasteiger charge is 2.19. The molecule has 2 aromatic carbocycles. The Balaban J connectivity index is 2.22. The number of hydrogen-bond donors (Lipinski definition) is 1. The Morgan fingerprint density at radius 3 is 2.38 bits per heavy atom.